The molecule has 25 heavy (non-hydrogen) atoms. The van der Waals surface area contributed by atoms with Gasteiger partial charge in [-0.15, -0.1) is 11.3 Å². The van der Waals surface area contributed by atoms with Gasteiger partial charge >= 0.3 is 0 Å². The van der Waals surface area contributed by atoms with Gasteiger partial charge in [0.15, 0.2) is 0 Å². The standard InChI is InChI=1S/C19H26N4OS/c1-12(2)10-13-11-15(22-21-13)19(24)23-9-5-7-16(23)18-20-14-6-3-4-8-17(14)25-18/h3-4,6,8,12-13,15-16,21-22H,5,7,9-11H2,1-2H3. The van der Waals surface area contributed by atoms with Crippen LogP contribution < -0.4 is 10.9 Å². The molecule has 1 aromatic heterocycles. The Morgan fingerprint density at radius 2 is 2.20 bits per heavy atom. The smallest absolute Gasteiger partial charge is 0.241 e. The monoisotopic (exact) mass is 358 g/mol. The first-order chi connectivity index (χ1) is 12.1. The van der Waals surface area contributed by atoms with E-state index in [0.29, 0.717) is 12.0 Å². The molecule has 0 radical (unpaired) electrons. The summed E-state index contributed by atoms with van der Waals surface area (Å²) in [5, 5.41) is 1.08. The zero-order chi connectivity index (χ0) is 17.4. The molecule has 1 amide bonds. The molecule has 2 saturated heterocycles. The van der Waals surface area contributed by atoms with Crippen molar-refractivity contribution in [1.29, 1.82) is 0 Å². The van der Waals surface area contributed by atoms with Crippen LogP contribution in [-0.4, -0.2) is 34.4 Å². The van der Waals surface area contributed by atoms with Crippen LogP contribution in [0.15, 0.2) is 24.3 Å². The number of nitrogens with one attached hydrogen (secondary N) is 2. The molecule has 2 aromatic rings. The lowest BCUT2D eigenvalue weighted by molar-refractivity contribution is -0.134. The van der Waals surface area contributed by atoms with Crippen molar-refractivity contribution < 1.29 is 4.79 Å². The van der Waals surface area contributed by atoms with E-state index in [4.69, 9.17) is 4.98 Å². The molecular formula is C19H26N4OS. The second-order valence-corrected chi connectivity index (χ2v) is 8.68. The third-order valence-corrected chi connectivity index (χ3v) is 6.30. The van der Waals surface area contributed by atoms with Crippen LogP contribution in [0.5, 0.6) is 0 Å². The van der Waals surface area contributed by atoms with Crippen molar-refractivity contribution in [2.75, 3.05) is 6.54 Å². The van der Waals surface area contributed by atoms with Crippen molar-refractivity contribution in [3.63, 3.8) is 0 Å². The first kappa shape index (κ1) is 16.9. The number of thiazole rings is 1. The van der Waals surface area contributed by atoms with Crippen LogP contribution in [-0.2, 0) is 4.79 Å². The minimum atomic E-state index is -0.112. The van der Waals surface area contributed by atoms with Gasteiger partial charge in [-0.2, -0.15) is 0 Å². The Morgan fingerprint density at radius 1 is 1.36 bits per heavy atom. The Hall–Kier alpha value is -1.50. The maximum atomic E-state index is 13.1. The fourth-order valence-corrected chi connectivity index (χ4v) is 5.14. The summed E-state index contributed by atoms with van der Waals surface area (Å²) in [5.74, 6) is 0.857. The molecule has 0 aliphatic carbocycles. The molecule has 0 spiro atoms. The molecule has 2 fully saturated rings. The van der Waals surface area contributed by atoms with E-state index in [9.17, 15) is 4.79 Å². The summed E-state index contributed by atoms with van der Waals surface area (Å²) in [6, 6.07) is 8.63. The van der Waals surface area contributed by atoms with Crippen LogP contribution in [0.3, 0.4) is 0 Å². The third-order valence-electron chi connectivity index (χ3n) is 5.17. The molecular weight excluding hydrogens is 332 g/mol. The Bertz CT molecular complexity index is 726. The number of hydrogen-bond donors (Lipinski definition) is 2. The lowest BCUT2D eigenvalue weighted by atomic mass is 9.99. The van der Waals surface area contributed by atoms with Crippen molar-refractivity contribution in [1.82, 2.24) is 20.7 Å². The number of carbonyl (C=O) groups is 1. The quantitative estimate of drug-likeness (QED) is 0.881. The summed E-state index contributed by atoms with van der Waals surface area (Å²) in [7, 11) is 0. The van der Waals surface area contributed by atoms with E-state index >= 15 is 0 Å². The molecule has 3 heterocycles. The lowest BCUT2D eigenvalue weighted by Gasteiger charge is -2.25. The fraction of sp³-hybridized carbons (Fsp3) is 0.579. The topological polar surface area (TPSA) is 57.3 Å². The Morgan fingerprint density at radius 3 is 3.00 bits per heavy atom. The largest absolute Gasteiger partial charge is 0.332 e. The summed E-state index contributed by atoms with van der Waals surface area (Å²) in [6.07, 6.45) is 4.04. The average molecular weight is 359 g/mol. The predicted molar refractivity (Wildman–Crippen MR) is 101 cm³/mol. The van der Waals surface area contributed by atoms with Gasteiger partial charge in [0.2, 0.25) is 5.91 Å². The number of hydrogen-bond acceptors (Lipinski definition) is 5. The molecule has 6 heteroatoms. The fourth-order valence-electron chi connectivity index (χ4n) is 4.03. The number of aromatic nitrogens is 1. The van der Waals surface area contributed by atoms with E-state index in [-0.39, 0.29) is 18.0 Å². The summed E-state index contributed by atoms with van der Waals surface area (Å²) in [6.45, 7) is 5.29. The number of rotatable bonds is 4. The molecule has 2 aliphatic heterocycles. The van der Waals surface area contributed by atoms with E-state index in [1.54, 1.807) is 11.3 Å². The van der Waals surface area contributed by atoms with Gasteiger partial charge in [0.1, 0.15) is 11.0 Å². The van der Waals surface area contributed by atoms with Gasteiger partial charge in [-0.05, 0) is 43.7 Å². The van der Waals surface area contributed by atoms with Crippen molar-refractivity contribution in [2.45, 2.75) is 57.7 Å². The highest BCUT2D eigenvalue weighted by Crippen LogP contribution is 2.37. The Kier molecular flexibility index (Phi) is 4.75. The number of fused-ring (bicyclic) bond motifs is 1. The van der Waals surface area contributed by atoms with Crippen LogP contribution in [0.2, 0.25) is 0 Å². The second kappa shape index (κ2) is 7.02. The number of nitrogens with zero attached hydrogens (tertiary/aromatic N) is 2. The average Bonchev–Trinajstić information content (AvgIpc) is 3.31. The Balaban J connectivity index is 1.48. The van der Waals surface area contributed by atoms with E-state index in [1.165, 1.54) is 4.70 Å². The van der Waals surface area contributed by atoms with E-state index in [0.717, 1.165) is 42.8 Å². The summed E-state index contributed by atoms with van der Waals surface area (Å²) >= 11 is 1.73. The zero-order valence-corrected chi connectivity index (χ0v) is 15.7. The second-order valence-electron chi connectivity index (χ2n) is 7.61. The summed E-state index contributed by atoms with van der Waals surface area (Å²) in [5.41, 5.74) is 7.58. The maximum Gasteiger partial charge on any atom is 0.241 e. The third kappa shape index (κ3) is 3.43. The summed E-state index contributed by atoms with van der Waals surface area (Å²) in [4.78, 5) is 19.9. The number of para-hydroxylation sites is 1. The molecule has 2 aliphatic rings. The minimum Gasteiger partial charge on any atom is -0.332 e. The van der Waals surface area contributed by atoms with Gasteiger partial charge in [0.05, 0.1) is 16.3 Å². The molecule has 1 aromatic carbocycles. The number of carbonyl (C=O) groups excluding carboxylic acids is 1. The maximum absolute atomic E-state index is 13.1. The van der Waals surface area contributed by atoms with E-state index in [2.05, 4.69) is 41.7 Å². The number of likely N-dealkylation sites (tertiary alicyclic amines) is 1. The van der Waals surface area contributed by atoms with Crippen LogP contribution >= 0.6 is 11.3 Å². The van der Waals surface area contributed by atoms with Crippen LogP contribution in [0, 0.1) is 5.92 Å². The molecule has 3 atom stereocenters. The number of amides is 1. The van der Waals surface area contributed by atoms with Crippen molar-refractivity contribution >= 4 is 27.5 Å². The highest BCUT2D eigenvalue weighted by molar-refractivity contribution is 7.18. The molecule has 2 N–H and O–H groups in total. The van der Waals surface area contributed by atoms with Gasteiger partial charge in [0, 0.05) is 12.6 Å². The highest BCUT2D eigenvalue weighted by atomic mass is 32.1. The van der Waals surface area contributed by atoms with Gasteiger partial charge < -0.3 is 4.90 Å². The molecule has 3 unspecified atom stereocenters. The van der Waals surface area contributed by atoms with Crippen molar-refractivity contribution in [3.05, 3.63) is 29.3 Å². The molecule has 0 saturated carbocycles. The summed E-state index contributed by atoms with van der Waals surface area (Å²) < 4.78 is 1.20. The number of hydrazine groups is 1. The van der Waals surface area contributed by atoms with Gasteiger partial charge in [-0.1, -0.05) is 26.0 Å². The minimum absolute atomic E-state index is 0.112. The van der Waals surface area contributed by atoms with Crippen LogP contribution in [0.1, 0.15) is 50.6 Å². The van der Waals surface area contributed by atoms with Gasteiger partial charge in [-0.25, -0.2) is 10.4 Å². The first-order valence-corrected chi connectivity index (χ1v) is 10.1. The molecule has 134 valence electrons. The van der Waals surface area contributed by atoms with Crippen LogP contribution in [0.25, 0.3) is 10.2 Å². The van der Waals surface area contributed by atoms with E-state index in [1.807, 2.05) is 12.1 Å². The first-order valence-electron chi connectivity index (χ1n) is 9.29. The molecule has 0 bridgehead atoms. The van der Waals surface area contributed by atoms with E-state index < -0.39 is 0 Å². The SMILES string of the molecule is CC(C)CC1CC(C(=O)N2CCCC2c2nc3ccccc3s2)NN1. The predicted octanol–water partition coefficient (Wildman–Crippen LogP) is 3.24. The van der Waals surface area contributed by atoms with Gasteiger partial charge in [0.25, 0.3) is 0 Å². The Labute approximate surface area is 152 Å². The lowest BCUT2D eigenvalue weighted by Crippen LogP contribution is -2.45. The van der Waals surface area contributed by atoms with Crippen molar-refractivity contribution in [3.8, 4) is 0 Å². The van der Waals surface area contributed by atoms with Crippen molar-refractivity contribution in [2.24, 2.45) is 5.92 Å². The molecule has 4 rings (SSSR count). The zero-order valence-electron chi connectivity index (χ0n) is 14.9. The molecule has 5 nitrogen and oxygen atoms in total. The normalized spacial score (nSPS) is 26.8. The van der Waals surface area contributed by atoms with Gasteiger partial charge in [-0.3, -0.25) is 10.2 Å². The highest BCUT2D eigenvalue weighted by Gasteiger charge is 2.38. The van der Waals surface area contributed by atoms with Crippen LogP contribution in [0.4, 0.5) is 0 Å². The number of benzene rings is 1.